The minimum absolute atomic E-state index is 0.233. The molecule has 2 nitrogen and oxygen atoms in total. The van der Waals surface area contributed by atoms with Gasteiger partial charge in [-0.1, -0.05) is 6.92 Å². The smallest absolute Gasteiger partial charge is 0.416 e. The molecule has 0 amide bonds. The number of hydrogen-bond acceptors (Lipinski definition) is 3. The highest BCUT2D eigenvalue weighted by molar-refractivity contribution is 7.99. The molecule has 2 aromatic carbocycles. The van der Waals surface area contributed by atoms with E-state index >= 15 is 0 Å². The molecule has 0 aliphatic heterocycles. The lowest BCUT2D eigenvalue weighted by atomic mass is 10.1. The van der Waals surface area contributed by atoms with Crippen molar-refractivity contribution in [3.8, 4) is 11.5 Å². The number of halogens is 3. The van der Waals surface area contributed by atoms with Crippen LogP contribution in [-0.2, 0) is 6.18 Å². The van der Waals surface area contributed by atoms with Crippen molar-refractivity contribution in [2.45, 2.75) is 24.4 Å². The number of ether oxygens (including phenoxy) is 1. The number of alkyl halides is 3. The van der Waals surface area contributed by atoms with Crippen LogP contribution in [-0.4, -0.2) is 17.5 Å². The van der Waals surface area contributed by atoms with E-state index in [-0.39, 0.29) is 11.7 Å². The molecule has 2 aromatic rings. The van der Waals surface area contributed by atoms with Gasteiger partial charge in [0.05, 0.1) is 12.2 Å². The van der Waals surface area contributed by atoms with E-state index in [0.717, 1.165) is 29.2 Å². The lowest BCUT2D eigenvalue weighted by molar-refractivity contribution is -0.137. The highest BCUT2D eigenvalue weighted by Crippen LogP contribution is 2.30. The van der Waals surface area contributed by atoms with Crippen molar-refractivity contribution in [1.29, 1.82) is 0 Å². The molecule has 0 heterocycles. The van der Waals surface area contributed by atoms with Crippen LogP contribution in [0.1, 0.15) is 18.9 Å². The molecule has 0 radical (unpaired) electrons. The Kier molecular flexibility index (Phi) is 6.43. The zero-order valence-corrected chi connectivity index (χ0v) is 14.0. The van der Waals surface area contributed by atoms with Gasteiger partial charge in [0.1, 0.15) is 11.5 Å². The normalized spacial score (nSPS) is 12.8. The summed E-state index contributed by atoms with van der Waals surface area (Å²) < 4.78 is 43.2. The monoisotopic (exact) mass is 356 g/mol. The predicted molar refractivity (Wildman–Crippen MR) is 89.6 cm³/mol. The molecule has 0 aliphatic carbocycles. The zero-order valence-electron chi connectivity index (χ0n) is 13.2. The Balaban J connectivity index is 1.83. The first-order chi connectivity index (χ1) is 11.4. The Hall–Kier alpha value is -1.82. The molecule has 0 aliphatic rings. The Morgan fingerprint density at radius 3 is 2.21 bits per heavy atom. The molecule has 24 heavy (non-hydrogen) atoms. The van der Waals surface area contributed by atoms with Gasteiger partial charge in [-0.3, -0.25) is 0 Å². The molecule has 1 atom stereocenters. The molecule has 1 N–H and O–H groups in total. The lowest BCUT2D eigenvalue weighted by Gasteiger charge is -2.16. The zero-order chi connectivity index (χ0) is 17.6. The average molecular weight is 356 g/mol. The molecule has 130 valence electrons. The van der Waals surface area contributed by atoms with Gasteiger partial charge in [0.25, 0.3) is 0 Å². The quantitative estimate of drug-likeness (QED) is 0.654. The summed E-state index contributed by atoms with van der Waals surface area (Å²) in [5.74, 6) is 1.79. The largest absolute Gasteiger partial charge is 0.508 e. The molecule has 0 bridgehead atoms. The summed E-state index contributed by atoms with van der Waals surface area (Å²) in [5.41, 5.74) is -0.676. The van der Waals surface area contributed by atoms with Crippen molar-refractivity contribution in [3.63, 3.8) is 0 Å². The second-order valence-electron chi connectivity index (χ2n) is 5.41. The summed E-state index contributed by atoms with van der Waals surface area (Å²) in [6.45, 7) is 2.51. The van der Waals surface area contributed by atoms with Gasteiger partial charge in [0.2, 0.25) is 0 Å². The van der Waals surface area contributed by atoms with Crippen LogP contribution in [0.25, 0.3) is 0 Å². The molecule has 6 heteroatoms. The number of phenolic OH excluding ortho intramolecular Hbond substituents is 1. The average Bonchev–Trinajstić information content (AvgIpc) is 2.56. The minimum Gasteiger partial charge on any atom is -0.508 e. The van der Waals surface area contributed by atoms with Gasteiger partial charge >= 0.3 is 6.18 Å². The van der Waals surface area contributed by atoms with Crippen LogP contribution >= 0.6 is 11.8 Å². The molecular weight excluding hydrogens is 337 g/mol. The van der Waals surface area contributed by atoms with Gasteiger partial charge in [-0.15, -0.1) is 11.8 Å². The van der Waals surface area contributed by atoms with E-state index in [1.54, 1.807) is 23.9 Å². The fraction of sp³-hybridized carbons (Fsp3) is 0.333. The summed E-state index contributed by atoms with van der Waals surface area (Å²) in [6.07, 6.45) is -3.42. The molecule has 0 saturated carbocycles. The molecule has 1 unspecified atom stereocenters. The number of aromatic hydroxyl groups is 1. The van der Waals surface area contributed by atoms with Gasteiger partial charge in [-0.25, -0.2) is 0 Å². The van der Waals surface area contributed by atoms with Crippen LogP contribution in [0.3, 0.4) is 0 Å². The van der Waals surface area contributed by atoms with Crippen LogP contribution in [0.5, 0.6) is 11.5 Å². The molecule has 0 saturated heterocycles. The maximum Gasteiger partial charge on any atom is 0.416 e. The van der Waals surface area contributed by atoms with E-state index < -0.39 is 11.7 Å². The Morgan fingerprint density at radius 1 is 1.04 bits per heavy atom. The second kappa shape index (κ2) is 8.33. The van der Waals surface area contributed by atoms with Crippen LogP contribution in [0, 0.1) is 5.92 Å². The maximum absolute atomic E-state index is 12.5. The van der Waals surface area contributed by atoms with Crippen molar-refractivity contribution >= 4 is 11.8 Å². The van der Waals surface area contributed by atoms with Crippen molar-refractivity contribution < 1.29 is 23.0 Å². The summed E-state index contributed by atoms with van der Waals surface area (Å²) in [4.78, 5) is 1.06. The highest BCUT2D eigenvalue weighted by atomic mass is 32.2. The third kappa shape index (κ3) is 5.67. The van der Waals surface area contributed by atoms with Crippen LogP contribution in [0.2, 0.25) is 0 Å². The number of hydrogen-bond donors (Lipinski definition) is 1. The van der Waals surface area contributed by atoms with Gasteiger partial charge < -0.3 is 9.84 Å². The topological polar surface area (TPSA) is 29.5 Å². The van der Waals surface area contributed by atoms with Crippen molar-refractivity contribution in [2.24, 2.45) is 5.92 Å². The predicted octanol–water partition coefficient (Wildman–Crippen LogP) is 5.61. The van der Waals surface area contributed by atoms with Crippen LogP contribution < -0.4 is 4.74 Å². The van der Waals surface area contributed by atoms with Gasteiger partial charge in [0, 0.05) is 16.6 Å². The third-order valence-electron chi connectivity index (χ3n) is 3.57. The number of benzene rings is 2. The minimum atomic E-state index is -4.33. The standard InChI is InChI=1S/C18H19F3O2S/c1-2-13(12-24-17-9-5-15(22)6-10-17)11-23-16-7-3-14(4-8-16)18(19,20)21/h3-10,13,22H,2,11-12H2,1H3. The molecule has 0 fully saturated rings. The Morgan fingerprint density at radius 2 is 1.67 bits per heavy atom. The van der Waals surface area contributed by atoms with Gasteiger partial charge in [0.15, 0.2) is 0 Å². The van der Waals surface area contributed by atoms with Crippen molar-refractivity contribution in [2.75, 3.05) is 12.4 Å². The SMILES string of the molecule is CCC(COc1ccc(C(F)(F)F)cc1)CSc1ccc(O)cc1. The Labute approximate surface area is 143 Å². The number of phenols is 1. The van der Waals surface area contributed by atoms with Crippen molar-refractivity contribution in [1.82, 2.24) is 0 Å². The summed E-state index contributed by atoms with van der Waals surface area (Å²) in [6, 6.07) is 11.7. The number of rotatable bonds is 7. The highest BCUT2D eigenvalue weighted by Gasteiger charge is 2.30. The first kappa shape index (κ1) is 18.5. The molecular formula is C18H19F3O2S. The van der Waals surface area contributed by atoms with E-state index in [9.17, 15) is 18.3 Å². The van der Waals surface area contributed by atoms with E-state index in [2.05, 4.69) is 6.92 Å². The second-order valence-corrected chi connectivity index (χ2v) is 6.51. The third-order valence-corrected chi connectivity index (χ3v) is 4.81. The summed E-state index contributed by atoms with van der Waals surface area (Å²) in [7, 11) is 0. The van der Waals surface area contributed by atoms with E-state index in [0.29, 0.717) is 12.4 Å². The first-order valence-corrected chi connectivity index (χ1v) is 8.59. The fourth-order valence-corrected chi connectivity index (χ4v) is 3.08. The first-order valence-electron chi connectivity index (χ1n) is 7.60. The van der Waals surface area contributed by atoms with Crippen LogP contribution in [0.4, 0.5) is 13.2 Å². The summed E-state index contributed by atoms with van der Waals surface area (Å²) >= 11 is 1.66. The number of thioether (sulfide) groups is 1. The van der Waals surface area contributed by atoms with Gasteiger partial charge in [-0.05, 0) is 55.0 Å². The summed E-state index contributed by atoms with van der Waals surface area (Å²) in [5, 5.41) is 9.26. The van der Waals surface area contributed by atoms with Crippen molar-refractivity contribution in [3.05, 3.63) is 54.1 Å². The lowest BCUT2D eigenvalue weighted by Crippen LogP contribution is -2.14. The van der Waals surface area contributed by atoms with E-state index in [1.165, 1.54) is 12.1 Å². The van der Waals surface area contributed by atoms with Crippen LogP contribution in [0.15, 0.2) is 53.4 Å². The van der Waals surface area contributed by atoms with E-state index in [4.69, 9.17) is 4.74 Å². The fourth-order valence-electron chi connectivity index (χ4n) is 1.99. The Bertz CT molecular complexity index is 624. The maximum atomic E-state index is 12.5. The van der Waals surface area contributed by atoms with E-state index in [1.807, 2.05) is 12.1 Å². The molecule has 2 rings (SSSR count). The van der Waals surface area contributed by atoms with Gasteiger partial charge in [-0.2, -0.15) is 13.2 Å². The molecule has 0 spiro atoms. The molecule has 0 aromatic heterocycles.